The molecule has 1 amide bonds. The van der Waals surface area contributed by atoms with Gasteiger partial charge < -0.3 is 15.0 Å². The van der Waals surface area contributed by atoms with Crippen LogP contribution in [-0.4, -0.2) is 48.6 Å². The Kier molecular flexibility index (Phi) is 5.22. The largest absolute Gasteiger partial charge is 0.379 e. The average Bonchev–Trinajstić information content (AvgIpc) is 3.10. The predicted octanol–water partition coefficient (Wildman–Crippen LogP) is 1.24. The highest BCUT2D eigenvalue weighted by Crippen LogP contribution is 2.25. The van der Waals surface area contributed by atoms with E-state index in [-0.39, 0.29) is 23.1 Å². The Balaban J connectivity index is 1.70. The summed E-state index contributed by atoms with van der Waals surface area (Å²) in [5.74, 6) is -0.346. The topological polar surface area (TPSA) is 74.4 Å². The number of aromatic amines is 1. The summed E-state index contributed by atoms with van der Waals surface area (Å²) in [5, 5.41) is 4.92. The van der Waals surface area contributed by atoms with Gasteiger partial charge in [-0.1, -0.05) is 6.07 Å². The van der Waals surface area contributed by atoms with Gasteiger partial charge in [-0.15, -0.1) is 11.3 Å². The number of aromatic nitrogens is 1. The fraction of sp³-hybridized carbons (Fsp3) is 0.375. The molecule has 0 aromatic carbocycles. The van der Waals surface area contributed by atoms with Gasteiger partial charge in [0, 0.05) is 30.7 Å². The molecule has 6 nitrogen and oxygen atoms in total. The summed E-state index contributed by atoms with van der Waals surface area (Å²) in [6, 6.07) is 7.37. The van der Waals surface area contributed by atoms with Crippen molar-refractivity contribution in [3.05, 3.63) is 56.6 Å². The maximum atomic E-state index is 12.3. The lowest BCUT2D eigenvalue weighted by atomic mass is 10.1. The molecule has 2 aromatic rings. The fourth-order valence-corrected chi connectivity index (χ4v) is 3.53. The molecule has 1 unspecified atom stereocenters. The van der Waals surface area contributed by atoms with Gasteiger partial charge in [0.25, 0.3) is 11.5 Å². The van der Waals surface area contributed by atoms with Gasteiger partial charge in [0.05, 0.1) is 19.3 Å². The van der Waals surface area contributed by atoms with Crippen molar-refractivity contribution < 1.29 is 9.53 Å². The number of ether oxygens (including phenoxy) is 1. The number of hydrogen-bond acceptors (Lipinski definition) is 5. The molecular formula is C16H19N3O3S. The molecular weight excluding hydrogens is 314 g/mol. The second kappa shape index (κ2) is 7.54. The van der Waals surface area contributed by atoms with Crippen LogP contribution in [0.5, 0.6) is 0 Å². The normalized spacial score (nSPS) is 16.9. The first-order valence-electron chi connectivity index (χ1n) is 7.57. The maximum absolute atomic E-state index is 12.3. The summed E-state index contributed by atoms with van der Waals surface area (Å²) in [7, 11) is 0. The van der Waals surface area contributed by atoms with Crippen LogP contribution in [0, 0.1) is 0 Å². The molecule has 2 N–H and O–H groups in total. The Morgan fingerprint density at radius 3 is 2.87 bits per heavy atom. The summed E-state index contributed by atoms with van der Waals surface area (Å²) in [5.41, 5.74) is -0.233. The number of hydrogen-bond donors (Lipinski definition) is 2. The summed E-state index contributed by atoms with van der Waals surface area (Å²) in [4.78, 5) is 30.0. The molecule has 3 heterocycles. The Hall–Kier alpha value is -1.96. The number of carbonyl (C=O) groups excluding carboxylic acids is 1. The van der Waals surface area contributed by atoms with Crippen LogP contribution in [-0.2, 0) is 4.74 Å². The van der Waals surface area contributed by atoms with Gasteiger partial charge in [0.1, 0.15) is 5.56 Å². The zero-order valence-corrected chi connectivity index (χ0v) is 13.5. The number of thiophene rings is 1. The average molecular weight is 333 g/mol. The van der Waals surface area contributed by atoms with Crippen molar-refractivity contribution in [2.24, 2.45) is 0 Å². The Bertz CT molecular complexity index is 693. The molecule has 0 aliphatic carbocycles. The highest BCUT2D eigenvalue weighted by molar-refractivity contribution is 7.10. The number of nitrogens with zero attached hydrogens (tertiary/aromatic N) is 1. The van der Waals surface area contributed by atoms with E-state index < -0.39 is 0 Å². The third-order valence-corrected chi connectivity index (χ3v) is 4.85. The summed E-state index contributed by atoms with van der Waals surface area (Å²) in [6.07, 6.45) is 1.52. The standard InChI is InChI=1S/C16H19N3O3S/c20-15-12(3-1-5-17-15)16(21)18-11-13(14-4-2-10-23-14)19-6-8-22-9-7-19/h1-5,10,13H,6-9,11H2,(H,17,20)(H,18,21). The second-order valence-electron chi connectivity index (χ2n) is 5.30. The second-order valence-corrected chi connectivity index (χ2v) is 6.28. The highest BCUT2D eigenvalue weighted by atomic mass is 32.1. The third kappa shape index (κ3) is 3.87. The van der Waals surface area contributed by atoms with Crippen molar-refractivity contribution in [1.82, 2.24) is 15.2 Å². The smallest absolute Gasteiger partial charge is 0.260 e. The van der Waals surface area contributed by atoms with E-state index in [0.29, 0.717) is 19.8 Å². The van der Waals surface area contributed by atoms with E-state index in [1.54, 1.807) is 17.4 Å². The van der Waals surface area contributed by atoms with Crippen LogP contribution in [0.1, 0.15) is 21.3 Å². The number of pyridine rings is 1. The molecule has 1 atom stereocenters. The lowest BCUT2D eigenvalue weighted by Crippen LogP contribution is -2.44. The number of rotatable bonds is 5. The van der Waals surface area contributed by atoms with Crippen molar-refractivity contribution in [3.63, 3.8) is 0 Å². The minimum atomic E-state index is -0.371. The van der Waals surface area contributed by atoms with Crippen molar-refractivity contribution >= 4 is 17.2 Å². The molecule has 2 aromatic heterocycles. The van der Waals surface area contributed by atoms with E-state index in [0.717, 1.165) is 13.1 Å². The van der Waals surface area contributed by atoms with Crippen LogP contribution in [0.3, 0.4) is 0 Å². The van der Waals surface area contributed by atoms with Crippen LogP contribution in [0.25, 0.3) is 0 Å². The lowest BCUT2D eigenvalue weighted by molar-refractivity contribution is 0.0169. The highest BCUT2D eigenvalue weighted by Gasteiger charge is 2.24. The van der Waals surface area contributed by atoms with Gasteiger partial charge in [0.2, 0.25) is 0 Å². The van der Waals surface area contributed by atoms with Gasteiger partial charge in [0.15, 0.2) is 0 Å². The Morgan fingerprint density at radius 1 is 1.35 bits per heavy atom. The molecule has 3 rings (SSSR count). The minimum absolute atomic E-state index is 0.102. The van der Waals surface area contributed by atoms with Gasteiger partial charge in [-0.25, -0.2) is 0 Å². The third-order valence-electron chi connectivity index (χ3n) is 3.88. The van der Waals surface area contributed by atoms with Crippen molar-refractivity contribution in [3.8, 4) is 0 Å². The van der Waals surface area contributed by atoms with Crippen molar-refractivity contribution in [2.75, 3.05) is 32.8 Å². The van der Waals surface area contributed by atoms with Gasteiger partial charge in [-0.3, -0.25) is 14.5 Å². The molecule has 0 radical (unpaired) electrons. The van der Waals surface area contributed by atoms with E-state index in [1.807, 2.05) is 11.4 Å². The Labute approximate surface area is 138 Å². The first kappa shape index (κ1) is 15.9. The molecule has 1 saturated heterocycles. The lowest BCUT2D eigenvalue weighted by Gasteiger charge is -2.34. The molecule has 7 heteroatoms. The van der Waals surface area contributed by atoms with E-state index in [9.17, 15) is 9.59 Å². The molecule has 1 aliphatic heterocycles. The van der Waals surface area contributed by atoms with E-state index in [2.05, 4.69) is 21.3 Å². The summed E-state index contributed by atoms with van der Waals surface area (Å²) < 4.78 is 5.41. The maximum Gasteiger partial charge on any atom is 0.260 e. The van der Waals surface area contributed by atoms with Crippen LogP contribution in [0.2, 0.25) is 0 Å². The summed E-state index contributed by atoms with van der Waals surface area (Å²) in [6.45, 7) is 3.55. The molecule has 0 spiro atoms. The Morgan fingerprint density at radius 2 is 2.17 bits per heavy atom. The summed E-state index contributed by atoms with van der Waals surface area (Å²) >= 11 is 1.67. The van der Waals surface area contributed by atoms with Crippen molar-refractivity contribution in [2.45, 2.75) is 6.04 Å². The van der Waals surface area contributed by atoms with Crippen LogP contribution >= 0.6 is 11.3 Å². The van der Waals surface area contributed by atoms with E-state index >= 15 is 0 Å². The van der Waals surface area contributed by atoms with Crippen LogP contribution in [0.15, 0.2) is 40.6 Å². The first-order chi connectivity index (χ1) is 11.3. The minimum Gasteiger partial charge on any atom is -0.379 e. The number of amides is 1. The van der Waals surface area contributed by atoms with Crippen LogP contribution < -0.4 is 10.9 Å². The van der Waals surface area contributed by atoms with E-state index in [1.165, 1.54) is 17.1 Å². The molecule has 1 fully saturated rings. The quantitative estimate of drug-likeness (QED) is 0.863. The van der Waals surface area contributed by atoms with E-state index in [4.69, 9.17) is 4.74 Å². The number of carbonyl (C=O) groups is 1. The van der Waals surface area contributed by atoms with Crippen LogP contribution in [0.4, 0.5) is 0 Å². The molecule has 122 valence electrons. The molecule has 1 aliphatic rings. The van der Waals surface area contributed by atoms with Crippen molar-refractivity contribution in [1.29, 1.82) is 0 Å². The molecule has 23 heavy (non-hydrogen) atoms. The number of nitrogens with one attached hydrogen (secondary N) is 2. The number of morpholine rings is 1. The molecule has 0 bridgehead atoms. The zero-order valence-electron chi connectivity index (χ0n) is 12.7. The fourth-order valence-electron chi connectivity index (χ4n) is 2.66. The van der Waals surface area contributed by atoms with Gasteiger partial charge in [-0.05, 0) is 23.6 Å². The SMILES string of the molecule is O=C(NCC(c1cccs1)N1CCOCC1)c1ccc[nH]c1=O. The zero-order chi connectivity index (χ0) is 16.1. The molecule has 0 saturated carbocycles. The van der Waals surface area contributed by atoms with Gasteiger partial charge in [-0.2, -0.15) is 0 Å². The van der Waals surface area contributed by atoms with Gasteiger partial charge >= 0.3 is 0 Å². The number of H-pyrrole nitrogens is 1. The first-order valence-corrected chi connectivity index (χ1v) is 8.45. The monoisotopic (exact) mass is 333 g/mol. The predicted molar refractivity (Wildman–Crippen MR) is 88.8 cm³/mol.